The number of halogens is 6. The van der Waals surface area contributed by atoms with Gasteiger partial charge < -0.3 is 15.4 Å². The molecule has 1 aromatic heterocycles. The molecule has 56 heavy (non-hydrogen) atoms. The van der Waals surface area contributed by atoms with Crippen LogP contribution in [0.2, 0.25) is 5.02 Å². The van der Waals surface area contributed by atoms with E-state index in [1.807, 2.05) is 26.1 Å². The number of aliphatic imine (C=N–C) groups is 1. The number of nitrogens with zero attached hydrogens (tertiary/aromatic N) is 5. The predicted molar refractivity (Wildman–Crippen MR) is 196 cm³/mol. The number of nitrogens with one attached hydrogen (secondary N) is 2. The van der Waals surface area contributed by atoms with Gasteiger partial charge in [0.05, 0.1) is 21.6 Å². The maximum absolute atomic E-state index is 16.4. The Morgan fingerprint density at radius 3 is 2.46 bits per heavy atom. The highest BCUT2D eigenvalue weighted by atomic mass is 35.5. The van der Waals surface area contributed by atoms with Crippen molar-refractivity contribution in [2.45, 2.75) is 69.0 Å². The number of hydrogen-bond acceptors (Lipinski definition) is 8. The van der Waals surface area contributed by atoms with Crippen LogP contribution in [0, 0.1) is 11.2 Å². The molecule has 3 aromatic carbocycles. The lowest BCUT2D eigenvalue weighted by Gasteiger charge is -2.35. The number of sulfone groups is 1. The standard InChI is InChI=1S/C37H37ClF5N7O5S/c1-35(2,3)14-15-44-33-47-30(40)31-45-20-46-50(31)28-18-22(9-11-26(28)38)29(19-55-34(52)48-36(12-13-36)37(41,42)43)49(33)32(51)23-8-10-25(27(39)17-23)21-6-5-7-24(16-21)56(4,53)54/h5-11,16-18,20,29-30H,12-15,19H2,1-4H3,(H,44,47)(H,48,52)/t29-,30?/m1/s1. The van der Waals surface area contributed by atoms with Crippen molar-refractivity contribution in [3.8, 4) is 16.8 Å². The van der Waals surface area contributed by atoms with Crippen LogP contribution < -0.4 is 10.6 Å². The second kappa shape index (κ2) is 15.1. The molecule has 2 N–H and O–H groups in total. The molecule has 1 saturated carbocycles. The van der Waals surface area contributed by atoms with Crippen molar-refractivity contribution >= 4 is 39.4 Å². The smallest absolute Gasteiger partial charge is 0.411 e. The van der Waals surface area contributed by atoms with Crippen LogP contribution in [0.15, 0.2) is 76.9 Å². The molecule has 6 rings (SSSR count). The zero-order chi connectivity index (χ0) is 40.8. The number of carbonyl (C=O) groups excluding carboxylic acids is 2. The van der Waals surface area contributed by atoms with Crippen LogP contribution >= 0.6 is 11.6 Å². The number of amides is 2. The molecular formula is C37H37ClF5N7O5S. The average Bonchev–Trinajstić information content (AvgIpc) is 3.74. The van der Waals surface area contributed by atoms with Crippen LogP contribution in [0.4, 0.5) is 26.7 Å². The van der Waals surface area contributed by atoms with E-state index < -0.39 is 64.3 Å². The molecule has 19 heteroatoms. The van der Waals surface area contributed by atoms with Crippen LogP contribution in [-0.4, -0.2) is 77.2 Å². The molecule has 1 aliphatic carbocycles. The van der Waals surface area contributed by atoms with E-state index in [9.17, 15) is 31.2 Å². The number of ether oxygens (including phenoxy) is 1. The van der Waals surface area contributed by atoms with E-state index in [4.69, 9.17) is 16.3 Å². The topological polar surface area (TPSA) is 148 Å². The first-order valence-corrected chi connectivity index (χ1v) is 19.5. The minimum absolute atomic E-state index is 0.0348. The monoisotopic (exact) mass is 821 g/mol. The third-order valence-corrected chi connectivity index (χ3v) is 10.7. The summed E-state index contributed by atoms with van der Waals surface area (Å²) < 4.78 is 104. The number of aromatic nitrogens is 3. The average molecular weight is 822 g/mol. The summed E-state index contributed by atoms with van der Waals surface area (Å²) in [6.45, 7) is 5.06. The number of alkyl halides is 4. The molecule has 0 radical (unpaired) electrons. The fraction of sp³-hybridized carbons (Fsp3) is 0.378. The van der Waals surface area contributed by atoms with Crippen molar-refractivity contribution in [1.82, 2.24) is 30.3 Å². The summed E-state index contributed by atoms with van der Waals surface area (Å²) >= 11 is 6.52. The number of rotatable bonds is 8. The summed E-state index contributed by atoms with van der Waals surface area (Å²) in [5.74, 6) is -2.56. The van der Waals surface area contributed by atoms with Gasteiger partial charge in [0.15, 0.2) is 15.7 Å². The molecule has 1 aliphatic heterocycles. The molecule has 2 heterocycles. The Hall–Kier alpha value is -5.10. The highest BCUT2D eigenvalue weighted by molar-refractivity contribution is 7.90. The van der Waals surface area contributed by atoms with Crippen molar-refractivity contribution in [2.24, 2.45) is 10.4 Å². The number of guanidine groups is 1. The Labute approximate surface area is 324 Å². The van der Waals surface area contributed by atoms with Crippen molar-refractivity contribution in [2.75, 3.05) is 19.4 Å². The summed E-state index contributed by atoms with van der Waals surface area (Å²) in [6, 6.07) is 11.9. The van der Waals surface area contributed by atoms with Gasteiger partial charge in [0.25, 0.3) is 5.91 Å². The minimum Gasteiger partial charge on any atom is -0.447 e. The second-order valence-electron chi connectivity index (χ2n) is 14.8. The molecule has 2 bridgehead atoms. The highest BCUT2D eigenvalue weighted by Crippen LogP contribution is 2.49. The Bertz CT molecular complexity index is 2310. The quantitative estimate of drug-likeness (QED) is 0.137. The number of fused-ring (bicyclic) bond motifs is 4. The maximum Gasteiger partial charge on any atom is 0.411 e. The molecule has 298 valence electrons. The fourth-order valence-corrected chi connectivity index (χ4v) is 6.85. The zero-order valence-electron chi connectivity index (χ0n) is 30.5. The van der Waals surface area contributed by atoms with Crippen LogP contribution in [0.3, 0.4) is 0 Å². The van der Waals surface area contributed by atoms with Gasteiger partial charge in [0.1, 0.15) is 24.3 Å². The molecule has 1 unspecified atom stereocenters. The minimum atomic E-state index is -4.75. The lowest BCUT2D eigenvalue weighted by molar-refractivity contribution is -0.164. The maximum atomic E-state index is 16.4. The van der Waals surface area contributed by atoms with E-state index in [1.165, 1.54) is 54.6 Å². The number of benzene rings is 3. The van der Waals surface area contributed by atoms with E-state index in [-0.39, 0.29) is 68.5 Å². The van der Waals surface area contributed by atoms with Gasteiger partial charge in [0, 0.05) is 23.9 Å². The van der Waals surface area contributed by atoms with E-state index in [1.54, 1.807) is 0 Å². The van der Waals surface area contributed by atoms with Crippen molar-refractivity contribution in [3.05, 3.63) is 94.8 Å². The molecule has 0 saturated heterocycles. The number of alkyl carbamates (subject to hydrolysis) is 1. The van der Waals surface area contributed by atoms with Crippen molar-refractivity contribution in [1.29, 1.82) is 0 Å². The Morgan fingerprint density at radius 2 is 1.82 bits per heavy atom. The van der Waals surface area contributed by atoms with Gasteiger partial charge in [-0.15, -0.1) is 0 Å². The first kappa shape index (κ1) is 40.6. The SMILES string of the molecule is CC(C)(C)CCN=C1NC(F)c2ncnn2-c2cc(ccc2Cl)[C@@H](COC(=O)NC2(C(F)(F)F)CC2)N1C(=O)c1ccc(-c2cccc(S(C)(=O)=O)c2)c(F)c1. The van der Waals surface area contributed by atoms with Gasteiger partial charge in [0.2, 0.25) is 12.3 Å². The molecule has 1 fully saturated rings. The van der Waals surface area contributed by atoms with Crippen LogP contribution in [0.5, 0.6) is 0 Å². The van der Waals surface area contributed by atoms with E-state index >= 15 is 8.78 Å². The Balaban J connectivity index is 1.48. The van der Waals surface area contributed by atoms with Crippen LogP contribution in [0.1, 0.15) is 74.1 Å². The van der Waals surface area contributed by atoms with Gasteiger partial charge in [-0.2, -0.15) is 18.3 Å². The number of carbonyl (C=O) groups is 2. The second-order valence-corrected chi connectivity index (χ2v) is 17.2. The van der Waals surface area contributed by atoms with Gasteiger partial charge in [-0.3, -0.25) is 14.7 Å². The first-order chi connectivity index (χ1) is 26.2. The molecule has 2 aliphatic rings. The first-order valence-electron chi connectivity index (χ1n) is 17.3. The van der Waals surface area contributed by atoms with E-state index in [0.29, 0.717) is 6.42 Å². The molecule has 2 atom stereocenters. The van der Waals surface area contributed by atoms with Crippen LogP contribution in [-0.2, 0) is 14.6 Å². The largest absolute Gasteiger partial charge is 0.447 e. The fourth-order valence-electron chi connectivity index (χ4n) is 5.99. The Kier molecular flexibility index (Phi) is 10.9. The summed E-state index contributed by atoms with van der Waals surface area (Å²) in [6.07, 6.45) is -6.54. The van der Waals surface area contributed by atoms with Gasteiger partial charge in [-0.05, 0) is 72.2 Å². The third kappa shape index (κ3) is 8.65. The molecule has 12 nitrogen and oxygen atoms in total. The zero-order valence-corrected chi connectivity index (χ0v) is 32.1. The van der Waals surface area contributed by atoms with Crippen molar-refractivity contribution < 1.29 is 44.7 Å². The molecular weight excluding hydrogens is 785 g/mol. The summed E-state index contributed by atoms with van der Waals surface area (Å²) in [5.41, 5.74) is -2.55. The normalized spacial score (nSPS) is 18.8. The summed E-state index contributed by atoms with van der Waals surface area (Å²) in [4.78, 5) is 37.2. The highest BCUT2D eigenvalue weighted by Gasteiger charge is 2.64. The molecule has 2 amide bonds. The van der Waals surface area contributed by atoms with Gasteiger partial charge >= 0.3 is 12.3 Å². The Morgan fingerprint density at radius 1 is 1.09 bits per heavy atom. The summed E-state index contributed by atoms with van der Waals surface area (Å²) in [7, 11) is -3.64. The van der Waals surface area contributed by atoms with E-state index in [2.05, 4.69) is 20.4 Å². The predicted octanol–water partition coefficient (Wildman–Crippen LogP) is 7.50. The van der Waals surface area contributed by atoms with Gasteiger partial charge in [-0.25, -0.2) is 31.7 Å². The number of hydrogen-bond donors (Lipinski definition) is 2. The lowest BCUT2D eigenvalue weighted by Crippen LogP contribution is -2.51. The van der Waals surface area contributed by atoms with Gasteiger partial charge in [-0.1, -0.05) is 56.6 Å². The summed E-state index contributed by atoms with van der Waals surface area (Å²) in [5, 5.41) is 8.65. The lowest BCUT2D eigenvalue weighted by atomic mass is 9.92. The van der Waals surface area contributed by atoms with Crippen LogP contribution in [0.25, 0.3) is 16.8 Å². The third-order valence-electron chi connectivity index (χ3n) is 9.32. The van der Waals surface area contributed by atoms with E-state index in [0.717, 1.165) is 28.2 Å². The molecule has 0 spiro atoms. The molecule has 4 aromatic rings. The van der Waals surface area contributed by atoms with Crippen molar-refractivity contribution in [3.63, 3.8) is 0 Å².